The van der Waals surface area contributed by atoms with Crippen molar-refractivity contribution in [2.45, 2.75) is 46.3 Å². The molecule has 0 saturated heterocycles. The van der Waals surface area contributed by atoms with Crippen molar-refractivity contribution >= 4 is 11.2 Å². The number of benzene rings is 2. The number of aromatic nitrogens is 7. The van der Waals surface area contributed by atoms with Gasteiger partial charge in [-0.25, -0.2) is 9.97 Å². The molecule has 0 amide bonds. The van der Waals surface area contributed by atoms with Gasteiger partial charge in [-0.05, 0) is 46.9 Å². The van der Waals surface area contributed by atoms with E-state index < -0.39 is 0 Å². The maximum Gasteiger partial charge on any atom is 0.205 e. The largest absolute Gasteiger partial charge is 0.390 e. The number of aryl methyl sites for hydroxylation is 2. The summed E-state index contributed by atoms with van der Waals surface area (Å²) in [5.74, 6) is 1.61. The predicted molar refractivity (Wildman–Crippen MR) is 131 cm³/mol. The lowest BCUT2D eigenvalue weighted by atomic mass is 9.98. The van der Waals surface area contributed by atoms with Crippen LogP contribution in [0.1, 0.15) is 42.4 Å². The molecule has 3 aromatic heterocycles. The molecule has 3 heterocycles. The Morgan fingerprint density at radius 1 is 1.00 bits per heavy atom. The number of fused-ring (bicyclic) bond motifs is 1. The van der Waals surface area contributed by atoms with Crippen LogP contribution in [0.3, 0.4) is 0 Å². The number of aliphatic hydroxyl groups is 1. The van der Waals surface area contributed by atoms with Gasteiger partial charge in [-0.2, -0.15) is 5.21 Å². The first kappa shape index (κ1) is 21.9. The van der Waals surface area contributed by atoms with Crippen LogP contribution in [0.25, 0.3) is 33.7 Å². The predicted octanol–water partition coefficient (Wildman–Crippen LogP) is 4.47. The monoisotopic (exact) mass is 453 g/mol. The van der Waals surface area contributed by atoms with E-state index >= 15 is 0 Å². The molecule has 5 aromatic rings. The van der Waals surface area contributed by atoms with Crippen LogP contribution in [0.15, 0.2) is 54.6 Å². The summed E-state index contributed by atoms with van der Waals surface area (Å²) in [5.41, 5.74) is 7.69. The molecule has 0 aliphatic rings. The number of hydrogen-bond donors (Lipinski definition) is 2. The zero-order valence-electron chi connectivity index (χ0n) is 19.4. The molecule has 2 aromatic carbocycles. The fourth-order valence-corrected chi connectivity index (χ4v) is 4.30. The Balaban J connectivity index is 1.50. The molecule has 2 N–H and O–H groups in total. The number of unbranched alkanes of at least 4 members (excludes halogenated alkanes) is 1. The number of nitrogens with zero attached hydrogens (tertiary/aromatic N) is 6. The maximum atomic E-state index is 9.67. The molecular weight excluding hydrogens is 426 g/mol. The highest BCUT2D eigenvalue weighted by Crippen LogP contribution is 2.30. The highest BCUT2D eigenvalue weighted by molar-refractivity contribution is 5.80. The van der Waals surface area contributed by atoms with Crippen LogP contribution in [-0.4, -0.2) is 40.3 Å². The first-order valence-corrected chi connectivity index (χ1v) is 11.6. The molecule has 34 heavy (non-hydrogen) atoms. The van der Waals surface area contributed by atoms with Gasteiger partial charge >= 0.3 is 0 Å². The Morgan fingerprint density at radius 3 is 2.50 bits per heavy atom. The summed E-state index contributed by atoms with van der Waals surface area (Å²) in [5, 5.41) is 24.2. The lowest BCUT2D eigenvalue weighted by Crippen LogP contribution is -2.07. The van der Waals surface area contributed by atoms with Crippen molar-refractivity contribution in [3.8, 4) is 22.5 Å². The van der Waals surface area contributed by atoms with Crippen molar-refractivity contribution < 1.29 is 5.11 Å². The van der Waals surface area contributed by atoms with E-state index in [1.807, 2.05) is 31.2 Å². The Labute approximate surface area is 197 Å². The number of imidazole rings is 1. The summed E-state index contributed by atoms with van der Waals surface area (Å²) >= 11 is 0. The Kier molecular flexibility index (Phi) is 6.14. The van der Waals surface area contributed by atoms with Gasteiger partial charge in [0.15, 0.2) is 5.65 Å². The Hall–Kier alpha value is -3.91. The zero-order chi connectivity index (χ0) is 23.5. The van der Waals surface area contributed by atoms with Gasteiger partial charge in [0.05, 0.1) is 18.8 Å². The summed E-state index contributed by atoms with van der Waals surface area (Å²) in [4.78, 5) is 9.63. The molecule has 0 aliphatic heterocycles. The van der Waals surface area contributed by atoms with Crippen molar-refractivity contribution in [2.75, 3.05) is 0 Å². The highest BCUT2D eigenvalue weighted by Gasteiger charge is 2.16. The van der Waals surface area contributed by atoms with Crippen LogP contribution < -0.4 is 0 Å². The van der Waals surface area contributed by atoms with Gasteiger partial charge in [-0.1, -0.05) is 61.9 Å². The quantitative estimate of drug-likeness (QED) is 0.359. The Bertz CT molecular complexity index is 1410. The molecular formula is C26H27N7O. The fraction of sp³-hybridized carbons (Fsp3) is 0.269. The standard InChI is InChI=1S/C26H27N7O/c1-3-4-9-23-28-24-17(2)14-20(16-34)27-26(24)33(23)15-18-10-12-19(13-11-18)21-7-5-6-8-22(21)25-29-31-32-30-25/h5-8,10-14,34H,3-4,9,15-16H2,1-2H3,(H,29,30,31,32). The average molecular weight is 454 g/mol. The summed E-state index contributed by atoms with van der Waals surface area (Å²) < 4.78 is 2.19. The molecule has 0 spiro atoms. The normalized spacial score (nSPS) is 11.4. The van der Waals surface area contributed by atoms with Gasteiger partial charge in [0, 0.05) is 12.0 Å². The van der Waals surface area contributed by atoms with Crippen molar-refractivity contribution in [1.29, 1.82) is 0 Å². The molecule has 0 atom stereocenters. The van der Waals surface area contributed by atoms with E-state index in [2.05, 4.69) is 62.4 Å². The first-order chi connectivity index (χ1) is 16.7. The van der Waals surface area contributed by atoms with Gasteiger partial charge in [-0.3, -0.25) is 0 Å². The summed E-state index contributed by atoms with van der Waals surface area (Å²) in [6, 6.07) is 18.5. The lowest BCUT2D eigenvalue weighted by molar-refractivity contribution is 0.277. The fourth-order valence-electron chi connectivity index (χ4n) is 4.30. The van der Waals surface area contributed by atoms with Crippen LogP contribution >= 0.6 is 0 Å². The number of rotatable bonds is 8. The third kappa shape index (κ3) is 4.20. The third-order valence-electron chi connectivity index (χ3n) is 6.06. The van der Waals surface area contributed by atoms with Crippen LogP contribution in [0, 0.1) is 6.92 Å². The van der Waals surface area contributed by atoms with Gasteiger partial charge in [0.1, 0.15) is 11.3 Å². The number of nitrogens with one attached hydrogen (secondary N) is 1. The minimum absolute atomic E-state index is 0.0826. The molecule has 8 nitrogen and oxygen atoms in total. The number of aliphatic hydroxyl groups excluding tert-OH is 1. The summed E-state index contributed by atoms with van der Waals surface area (Å²) in [7, 11) is 0. The number of hydrogen-bond acceptors (Lipinski definition) is 6. The van der Waals surface area contributed by atoms with Crippen molar-refractivity contribution in [2.24, 2.45) is 0 Å². The van der Waals surface area contributed by atoms with Gasteiger partial charge in [0.25, 0.3) is 0 Å². The van der Waals surface area contributed by atoms with Crippen LogP contribution in [0.5, 0.6) is 0 Å². The Morgan fingerprint density at radius 2 is 1.79 bits per heavy atom. The number of tetrazole rings is 1. The minimum atomic E-state index is -0.0826. The second-order valence-corrected chi connectivity index (χ2v) is 8.46. The van der Waals surface area contributed by atoms with Gasteiger partial charge < -0.3 is 9.67 Å². The molecule has 0 saturated carbocycles. The molecule has 0 unspecified atom stereocenters. The van der Waals surface area contributed by atoms with E-state index in [1.165, 1.54) is 0 Å². The van der Waals surface area contributed by atoms with Gasteiger partial charge in [-0.15, -0.1) is 10.2 Å². The second kappa shape index (κ2) is 9.52. The van der Waals surface area contributed by atoms with Crippen molar-refractivity contribution in [1.82, 2.24) is 35.2 Å². The van der Waals surface area contributed by atoms with Crippen LogP contribution in [0.4, 0.5) is 0 Å². The molecule has 0 bridgehead atoms. The smallest absolute Gasteiger partial charge is 0.205 e. The van der Waals surface area contributed by atoms with E-state index in [4.69, 9.17) is 9.97 Å². The van der Waals surface area contributed by atoms with E-state index in [1.54, 1.807) is 0 Å². The summed E-state index contributed by atoms with van der Waals surface area (Å²) in [6.07, 6.45) is 3.07. The van der Waals surface area contributed by atoms with Gasteiger partial charge in [0.2, 0.25) is 5.82 Å². The zero-order valence-corrected chi connectivity index (χ0v) is 19.4. The molecule has 0 fully saturated rings. The second-order valence-electron chi connectivity index (χ2n) is 8.46. The first-order valence-electron chi connectivity index (χ1n) is 11.6. The lowest BCUT2D eigenvalue weighted by Gasteiger charge is -2.11. The van der Waals surface area contributed by atoms with Crippen LogP contribution in [-0.2, 0) is 19.6 Å². The van der Waals surface area contributed by atoms with E-state index in [0.29, 0.717) is 18.1 Å². The third-order valence-corrected chi connectivity index (χ3v) is 6.06. The number of pyridine rings is 1. The minimum Gasteiger partial charge on any atom is -0.390 e. The molecule has 0 radical (unpaired) electrons. The molecule has 5 rings (SSSR count). The SMILES string of the molecule is CCCCc1nc2c(C)cc(CO)nc2n1Cc1ccc(-c2ccccc2-c2nn[nH]n2)cc1. The number of H-pyrrole nitrogens is 1. The molecule has 172 valence electrons. The highest BCUT2D eigenvalue weighted by atomic mass is 16.3. The molecule has 8 heteroatoms. The van der Waals surface area contributed by atoms with E-state index in [9.17, 15) is 5.11 Å². The van der Waals surface area contributed by atoms with Crippen LogP contribution in [0.2, 0.25) is 0 Å². The van der Waals surface area contributed by atoms with Crippen molar-refractivity contribution in [3.05, 3.63) is 77.2 Å². The average Bonchev–Trinajstić information content (AvgIpc) is 3.52. The maximum absolute atomic E-state index is 9.67. The van der Waals surface area contributed by atoms with Crippen molar-refractivity contribution in [3.63, 3.8) is 0 Å². The number of aromatic amines is 1. The molecule has 0 aliphatic carbocycles. The topological polar surface area (TPSA) is 105 Å². The van der Waals surface area contributed by atoms with E-state index in [0.717, 1.165) is 64.1 Å². The summed E-state index contributed by atoms with van der Waals surface area (Å²) in [6.45, 7) is 4.80. The van der Waals surface area contributed by atoms with E-state index in [-0.39, 0.29) is 6.61 Å².